The SMILES string of the molecule is Nc1cc(Cl)cc(Br)c1OCc1c(F)cccc1F. The molecule has 6 heteroatoms. The van der Waals surface area contributed by atoms with E-state index in [4.69, 9.17) is 22.1 Å². The van der Waals surface area contributed by atoms with Crippen molar-refractivity contribution >= 4 is 33.2 Å². The second kappa shape index (κ2) is 5.75. The molecule has 0 amide bonds. The first-order valence-corrected chi connectivity index (χ1v) is 6.46. The van der Waals surface area contributed by atoms with E-state index >= 15 is 0 Å². The van der Waals surface area contributed by atoms with E-state index in [1.54, 1.807) is 6.07 Å². The average Bonchev–Trinajstić information content (AvgIpc) is 2.31. The minimum atomic E-state index is -0.663. The third-order valence-corrected chi connectivity index (χ3v) is 3.27. The van der Waals surface area contributed by atoms with Crippen molar-refractivity contribution < 1.29 is 13.5 Å². The normalized spacial score (nSPS) is 10.5. The first kappa shape index (κ1) is 14.1. The number of benzene rings is 2. The fraction of sp³-hybridized carbons (Fsp3) is 0.0769. The molecule has 2 N–H and O–H groups in total. The molecule has 2 rings (SSSR count). The topological polar surface area (TPSA) is 35.2 Å². The molecule has 0 aliphatic carbocycles. The van der Waals surface area contributed by atoms with Gasteiger partial charge in [0.15, 0.2) is 5.75 Å². The lowest BCUT2D eigenvalue weighted by molar-refractivity contribution is 0.292. The molecule has 0 fully saturated rings. The smallest absolute Gasteiger partial charge is 0.156 e. The van der Waals surface area contributed by atoms with E-state index in [1.165, 1.54) is 24.3 Å². The van der Waals surface area contributed by atoms with Crippen molar-refractivity contribution in [3.05, 3.63) is 57.0 Å². The highest BCUT2D eigenvalue weighted by atomic mass is 79.9. The van der Waals surface area contributed by atoms with Crippen LogP contribution in [0.3, 0.4) is 0 Å². The summed E-state index contributed by atoms with van der Waals surface area (Å²) in [6, 6.07) is 6.72. The highest BCUT2D eigenvalue weighted by Crippen LogP contribution is 2.35. The molecule has 0 aliphatic heterocycles. The molecule has 100 valence electrons. The van der Waals surface area contributed by atoms with Crippen molar-refractivity contribution in [3.8, 4) is 5.75 Å². The molecular weight excluding hydrogens is 340 g/mol. The van der Waals surface area contributed by atoms with E-state index in [-0.39, 0.29) is 17.9 Å². The Morgan fingerprint density at radius 1 is 1.21 bits per heavy atom. The van der Waals surface area contributed by atoms with Crippen LogP contribution in [-0.2, 0) is 6.61 Å². The number of hydrogen-bond donors (Lipinski definition) is 1. The lowest BCUT2D eigenvalue weighted by Gasteiger charge is -2.12. The van der Waals surface area contributed by atoms with E-state index in [0.29, 0.717) is 15.2 Å². The Bertz CT molecular complexity index is 578. The van der Waals surface area contributed by atoms with E-state index in [0.717, 1.165) is 0 Å². The molecule has 0 aromatic heterocycles. The van der Waals surface area contributed by atoms with E-state index in [9.17, 15) is 8.78 Å². The van der Waals surface area contributed by atoms with Crippen molar-refractivity contribution in [1.29, 1.82) is 0 Å². The molecule has 0 atom stereocenters. The van der Waals surface area contributed by atoms with Gasteiger partial charge in [0, 0.05) is 5.02 Å². The van der Waals surface area contributed by atoms with Gasteiger partial charge in [-0.1, -0.05) is 17.7 Å². The number of rotatable bonds is 3. The quantitative estimate of drug-likeness (QED) is 0.826. The van der Waals surface area contributed by atoms with Gasteiger partial charge >= 0.3 is 0 Å². The molecule has 2 nitrogen and oxygen atoms in total. The van der Waals surface area contributed by atoms with E-state index in [2.05, 4.69) is 15.9 Å². The number of ether oxygens (including phenoxy) is 1. The zero-order valence-corrected chi connectivity index (χ0v) is 11.9. The number of nitrogen functional groups attached to an aromatic ring is 1. The summed E-state index contributed by atoms with van der Waals surface area (Å²) in [6.07, 6.45) is 0. The summed E-state index contributed by atoms with van der Waals surface area (Å²) in [4.78, 5) is 0. The fourth-order valence-corrected chi connectivity index (χ4v) is 2.50. The minimum Gasteiger partial charge on any atom is -0.485 e. The maximum Gasteiger partial charge on any atom is 0.156 e. The third-order valence-electron chi connectivity index (χ3n) is 2.46. The fourth-order valence-electron chi connectivity index (χ4n) is 1.55. The van der Waals surface area contributed by atoms with Crippen LogP contribution in [0.25, 0.3) is 0 Å². The van der Waals surface area contributed by atoms with Gasteiger partial charge in [-0.25, -0.2) is 8.78 Å². The molecule has 2 aromatic rings. The number of halogens is 4. The number of hydrogen-bond acceptors (Lipinski definition) is 2. The van der Waals surface area contributed by atoms with Crippen LogP contribution in [0.1, 0.15) is 5.56 Å². The molecule has 0 heterocycles. The highest BCUT2D eigenvalue weighted by molar-refractivity contribution is 9.10. The zero-order chi connectivity index (χ0) is 14.0. The van der Waals surface area contributed by atoms with Crippen LogP contribution in [-0.4, -0.2) is 0 Å². The van der Waals surface area contributed by atoms with Crippen LogP contribution >= 0.6 is 27.5 Å². The maximum atomic E-state index is 13.4. The molecule has 0 aliphatic rings. The van der Waals surface area contributed by atoms with Crippen LogP contribution in [0.2, 0.25) is 5.02 Å². The lowest BCUT2D eigenvalue weighted by atomic mass is 10.2. The van der Waals surface area contributed by atoms with Crippen molar-refractivity contribution in [2.24, 2.45) is 0 Å². The summed E-state index contributed by atoms with van der Waals surface area (Å²) in [5.74, 6) is -1.03. The lowest BCUT2D eigenvalue weighted by Crippen LogP contribution is -2.04. The van der Waals surface area contributed by atoms with E-state index in [1.807, 2.05) is 0 Å². The monoisotopic (exact) mass is 347 g/mol. The van der Waals surface area contributed by atoms with Crippen molar-refractivity contribution in [1.82, 2.24) is 0 Å². The van der Waals surface area contributed by atoms with Crippen LogP contribution < -0.4 is 10.5 Å². The van der Waals surface area contributed by atoms with Crippen LogP contribution in [0.15, 0.2) is 34.8 Å². The Labute approximate surface area is 122 Å². The van der Waals surface area contributed by atoms with E-state index < -0.39 is 11.6 Å². The predicted octanol–water partition coefficient (Wildman–Crippen LogP) is 4.54. The molecule has 19 heavy (non-hydrogen) atoms. The summed E-state index contributed by atoms with van der Waals surface area (Å²) in [5.41, 5.74) is 5.87. The summed E-state index contributed by atoms with van der Waals surface area (Å²) in [5, 5.41) is 0.439. The zero-order valence-electron chi connectivity index (χ0n) is 9.59. The molecule has 0 saturated heterocycles. The van der Waals surface area contributed by atoms with Crippen LogP contribution in [0.4, 0.5) is 14.5 Å². The molecule has 0 radical (unpaired) electrons. The molecule has 2 aromatic carbocycles. The summed E-state index contributed by atoms with van der Waals surface area (Å²) < 4.78 is 32.8. The molecule has 0 bridgehead atoms. The Morgan fingerprint density at radius 2 is 1.84 bits per heavy atom. The maximum absolute atomic E-state index is 13.4. The molecule has 0 saturated carbocycles. The first-order chi connectivity index (χ1) is 8.99. The Balaban J connectivity index is 2.24. The Kier molecular flexibility index (Phi) is 4.27. The minimum absolute atomic E-state index is 0.149. The second-order valence-corrected chi connectivity index (χ2v) is 5.09. The van der Waals surface area contributed by atoms with Gasteiger partial charge in [0.05, 0.1) is 15.7 Å². The van der Waals surface area contributed by atoms with Crippen LogP contribution in [0.5, 0.6) is 5.75 Å². The second-order valence-electron chi connectivity index (χ2n) is 3.79. The summed E-state index contributed by atoms with van der Waals surface area (Å²) >= 11 is 9.04. The van der Waals surface area contributed by atoms with Gasteiger partial charge in [-0.2, -0.15) is 0 Å². The molecule has 0 spiro atoms. The summed E-state index contributed by atoms with van der Waals surface area (Å²) in [6.45, 7) is -0.261. The third kappa shape index (κ3) is 3.16. The van der Waals surface area contributed by atoms with Gasteiger partial charge in [0.1, 0.15) is 18.2 Å². The molecular formula is C13H9BrClF2NO. The van der Waals surface area contributed by atoms with Crippen molar-refractivity contribution in [2.45, 2.75) is 6.61 Å². The Hall–Kier alpha value is -1.33. The van der Waals surface area contributed by atoms with Gasteiger partial charge in [-0.15, -0.1) is 0 Å². The first-order valence-electron chi connectivity index (χ1n) is 5.29. The largest absolute Gasteiger partial charge is 0.485 e. The number of anilines is 1. The summed E-state index contributed by atoms with van der Waals surface area (Å²) in [7, 11) is 0. The Morgan fingerprint density at radius 3 is 2.42 bits per heavy atom. The predicted molar refractivity (Wildman–Crippen MR) is 74.3 cm³/mol. The van der Waals surface area contributed by atoms with Gasteiger partial charge < -0.3 is 10.5 Å². The van der Waals surface area contributed by atoms with Gasteiger partial charge in [-0.3, -0.25) is 0 Å². The average molecular weight is 349 g/mol. The van der Waals surface area contributed by atoms with Gasteiger partial charge in [0.25, 0.3) is 0 Å². The van der Waals surface area contributed by atoms with Crippen molar-refractivity contribution in [3.63, 3.8) is 0 Å². The van der Waals surface area contributed by atoms with Crippen molar-refractivity contribution in [2.75, 3.05) is 5.73 Å². The molecule has 0 unspecified atom stereocenters. The standard InChI is InChI=1S/C13H9BrClF2NO/c14-9-4-7(15)5-12(18)13(9)19-6-8-10(16)2-1-3-11(8)17/h1-5H,6,18H2. The van der Waals surface area contributed by atoms with Gasteiger partial charge in [0.2, 0.25) is 0 Å². The number of nitrogens with two attached hydrogens (primary N) is 1. The van der Waals surface area contributed by atoms with Gasteiger partial charge in [-0.05, 0) is 40.2 Å². The highest BCUT2D eigenvalue weighted by Gasteiger charge is 2.12. The van der Waals surface area contributed by atoms with Crippen LogP contribution in [0, 0.1) is 11.6 Å².